The Morgan fingerprint density at radius 1 is 1.00 bits per heavy atom. The van der Waals surface area contributed by atoms with Gasteiger partial charge in [-0.05, 0) is 42.0 Å². The summed E-state index contributed by atoms with van der Waals surface area (Å²) < 4.78 is 7.03. The minimum absolute atomic E-state index is 0.0493. The molecule has 0 fully saturated rings. The second kappa shape index (κ2) is 7.18. The highest BCUT2D eigenvalue weighted by Crippen LogP contribution is 2.27. The molecule has 0 amide bonds. The lowest BCUT2D eigenvalue weighted by molar-refractivity contribution is 0.202. The van der Waals surface area contributed by atoms with Crippen LogP contribution in [-0.4, -0.2) is 5.88 Å². The SMILES string of the molecule is ClCCC(Oc1ccc(Cl)cc1)c1ccc(Br)cc1. The highest BCUT2D eigenvalue weighted by Gasteiger charge is 2.12. The normalized spacial score (nSPS) is 12.2. The highest BCUT2D eigenvalue weighted by atomic mass is 79.9. The van der Waals surface area contributed by atoms with Crippen LogP contribution in [-0.2, 0) is 0 Å². The van der Waals surface area contributed by atoms with E-state index >= 15 is 0 Å². The van der Waals surface area contributed by atoms with Crippen molar-refractivity contribution in [2.75, 3.05) is 5.88 Å². The Morgan fingerprint density at radius 3 is 2.21 bits per heavy atom. The van der Waals surface area contributed by atoms with E-state index < -0.39 is 0 Å². The molecule has 1 atom stereocenters. The number of benzene rings is 2. The smallest absolute Gasteiger partial charge is 0.125 e. The van der Waals surface area contributed by atoms with Gasteiger partial charge in [-0.1, -0.05) is 39.7 Å². The van der Waals surface area contributed by atoms with Gasteiger partial charge in [0.25, 0.3) is 0 Å². The molecule has 1 unspecified atom stereocenters. The maximum atomic E-state index is 5.98. The van der Waals surface area contributed by atoms with Gasteiger partial charge in [-0.3, -0.25) is 0 Å². The maximum absolute atomic E-state index is 5.98. The second-order valence-corrected chi connectivity index (χ2v) is 5.82. The average Bonchev–Trinajstić information content (AvgIpc) is 2.42. The standard InChI is InChI=1S/C15H13BrCl2O/c16-12-3-1-11(2-4-12)15(9-10-17)19-14-7-5-13(18)6-8-14/h1-8,15H,9-10H2. The predicted molar refractivity (Wildman–Crippen MR) is 84.3 cm³/mol. The van der Waals surface area contributed by atoms with Crippen molar-refractivity contribution in [2.24, 2.45) is 0 Å². The fourth-order valence-corrected chi connectivity index (χ4v) is 2.34. The summed E-state index contributed by atoms with van der Waals surface area (Å²) in [5.74, 6) is 1.34. The van der Waals surface area contributed by atoms with Crippen LogP contribution in [0.4, 0.5) is 0 Å². The van der Waals surface area contributed by atoms with E-state index in [1.54, 1.807) is 0 Å². The second-order valence-electron chi connectivity index (χ2n) is 4.09. The van der Waals surface area contributed by atoms with E-state index in [1.165, 1.54) is 0 Å². The third-order valence-corrected chi connectivity index (χ3v) is 3.70. The van der Waals surface area contributed by atoms with Gasteiger partial charge in [-0.15, -0.1) is 11.6 Å². The Hall–Kier alpha value is -0.700. The Bertz CT molecular complexity index is 511. The van der Waals surface area contributed by atoms with Crippen LogP contribution in [0.1, 0.15) is 18.1 Å². The van der Waals surface area contributed by atoms with Crippen molar-refractivity contribution in [3.8, 4) is 5.75 Å². The van der Waals surface area contributed by atoms with Crippen molar-refractivity contribution >= 4 is 39.1 Å². The van der Waals surface area contributed by atoms with Crippen LogP contribution < -0.4 is 4.74 Å². The van der Waals surface area contributed by atoms with E-state index in [-0.39, 0.29) is 6.10 Å². The first kappa shape index (κ1) is 14.7. The number of halogens is 3. The highest BCUT2D eigenvalue weighted by molar-refractivity contribution is 9.10. The van der Waals surface area contributed by atoms with Crippen molar-refractivity contribution in [1.29, 1.82) is 0 Å². The maximum Gasteiger partial charge on any atom is 0.125 e. The van der Waals surface area contributed by atoms with Crippen molar-refractivity contribution in [3.05, 3.63) is 63.6 Å². The number of ether oxygens (including phenoxy) is 1. The summed E-state index contributed by atoms with van der Waals surface area (Å²) in [6.45, 7) is 0. The molecule has 4 heteroatoms. The first-order valence-electron chi connectivity index (χ1n) is 5.92. The van der Waals surface area contributed by atoms with Crippen molar-refractivity contribution in [3.63, 3.8) is 0 Å². The van der Waals surface area contributed by atoms with Crippen molar-refractivity contribution in [2.45, 2.75) is 12.5 Å². The molecule has 100 valence electrons. The molecule has 0 heterocycles. The molecule has 0 bridgehead atoms. The molecule has 1 nitrogen and oxygen atoms in total. The summed E-state index contributed by atoms with van der Waals surface area (Å²) in [5, 5.41) is 0.699. The van der Waals surface area contributed by atoms with E-state index in [1.807, 2.05) is 48.5 Å². The molecule has 0 spiro atoms. The molecule has 19 heavy (non-hydrogen) atoms. The first-order valence-corrected chi connectivity index (χ1v) is 7.63. The molecule has 0 aliphatic heterocycles. The van der Waals surface area contributed by atoms with Gasteiger partial charge >= 0.3 is 0 Å². The Labute approximate surface area is 131 Å². The summed E-state index contributed by atoms with van der Waals surface area (Å²) in [4.78, 5) is 0. The van der Waals surface area contributed by atoms with Crippen LogP contribution in [0.15, 0.2) is 53.0 Å². The molecular formula is C15H13BrCl2O. The Kier molecular flexibility index (Phi) is 5.56. The monoisotopic (exact) mass is 358 g/mol. The van der Waals surface area contributed by atoms with E-state index in [9.17, 15) is 0 Å². The van der Waals surface area contributed by atoms with Crippen LogP contribution in [0, 0.1) is 0 Å². The quantitative estimate of drug-likeness (QED) is 0.608. The van der Waals surface area contributed by atoms with Crippen molar-refractivity contribution < 1.29 is 4.74 Å². The van der Waals surface area contributed by atoms with Crippen LogP contribution in [0.5, 0.6) is 5.75 Å². The zero-order valence-corrected chi connectivity index (χ0v) is 13.3. The van der Waals surface area contributed by atoms with E-state index in [2.05, 4.69) is 15.9 Å². The van der Waals surface area contributed by atoms with Gasteiger partial charge in [0, 0.05) is 21.8 Å². The molecule has 0 saturated heterocycles. The van der Waals surface area contributed by atoms with Gasteiger partial charge in [0.15, 0.2) is 0 Å². The zero-order chi connectivity index (χ0) is 13.7. The Balaban J connectivity index is 2.15. The number of alkyl halides is 1. The molecule has 0 aliphatic carbocycles. The molecule has 0 radical (unpaired) electrons. The van der Waals surface area contributed by atoms with E-state index in [0.29, 0.717) is 10.9 Å². The van der Waals surface area contributed by atoms with E-state index in [0.717, 1.165) is 22.2 Å². The molecule has 0 saturated carbocycles. The van der Waals surface area contributed by atoms with Crippen LogP contribution >= 0.6 is 39.1 Å². The molecule has 2 aromatic carbocycles. The summed E-state index contributed by atoms with van der Waals surface area (Å²) >= 11 is 15.1. The zero-order valence-electron chi connectivity index (χ0n) is 10.2. The molecule has 0 N–H and O–H groups in total. The third kappa shape index (κ3) is 4.41. The first-order chi connectivity index (χ1) is 9.19. The summed E-state index contributed by atoms with van der Waals surface area (Å²) in [5.41, 5.74) is 1.11. The lowest BCUT2D eigenvalue weighted by Crippen LogP contribution is -2.08. The number of hydrogen-bond donors (Lipinski definition) is 0. The predicted octanol–water partition coefficient (Wildman–Crippen LogP) is 5.85. The molecule has 2 aromatic rings. The lowest BCUT2D eigenvalue weighted by atomic mass is 10.1. The minimum atomic E-state index is -0.0493. The van der Waals surface area contributed by atoms with Gasteiger partial charge < -0.3 is 4.74 Å². The third-order valence-electron chi connectivity index (χ3n) is 2.71. The Morgan fingerprint density at radius 2 is 1.63 bits per heavy atom. The average molecular weight is 360 g/mol. The van der Waals surface area contributed by atoms with Gasteiger partial charge in [0.2, 0.25) is 0 Å². The van der Waals surface area contributed by atoms with Gasteiger partial charge in [-0.2, -0.15) is 0 Å². The van der Waals surface area contributed by atoms with Crippen molar-refractivity contribution in [1.82, 2.24) is 0 Å². The van der Waals surface area contributed by atoms with Crippen LogP contribution in [0.25, 0.3) is 0 Å². The van der Waals surface area contributed by atoms with Gasteiger partial charge in [0.05, 0.1) is 0 Å². The largest absolute Gasteiger partial charge is 0.486 e. The summed E-state index contributed by atoms with van der Waals surface area (Å²) in [6.07, 6.45) is 0.706. The molecule has 2 rings (SSSR count). The molecular weight excluding hydrogens is 347 g/mol. The molecule has 0 aliphatic rings. The van der Waals surface area contributed by atoms with Gasteiger partial charge in [-0.25, -0.2) is 0 Å². The van der Waals surface area contributed by atoms with E-state index in [4.69, 9.17) is 27.9 Å². The van der Waals surface area contributed by atoms with Gasteiger partial charge in [0.1, 0.15) is 11.9 Å². The lowest BCUT2D eigenvalue weighted by Gasteiger charge is -2.19. The van der Waals surface area contributed by atoms with Crippen LogP contribution in [0.2, 0.25) is 5.02 Å². The fourth-order valence-electron chi connectivity index (χ4n) is 1.75. The van der Waals surface area contributed by atoms with Crippen LogP contribution in [0.3, 0.4) is 0 Å². The minimum Gasteiger partial charge on any atom is -0.486 e. The summed E-state index contributed by atoms with van der Waals surface area (Å²) in [7, 11) is 0. The topological polar surface area (TPSA) is 9.23 Å². The summed E-state index contributed by atoms with van der Waals surface area (Å²) in [6, 6.07) is 15.4. The number of rotatable bonds is 5. The molecule has 0 aromatic heterocycles. The number of hydrogen-bond acceptors (Lipinski definition) is 1. The fraction of sp³-hybridized carbons (Fsp3) is 0.200.